The average molecular weight is 1210 g/mol. The molecule has 6 atom stereocenters. The molecular formula is C38H90O24P6Zr. The predicted octanol–water partition coefficient (Wildman–Crippen LogP) is 11.2. The summed E-state index contributed by atoms with van der Waals surface area (Å²) in [5, 5.41) is 15.2. The molecule has 0 aromatic rings. The van der Waals surface area contributed by atoms with Gasteiger partial charge in [0, 0.05) is 0 Å². The van der Waals surface area contributed by atoms with Crippen LogP contribution in [0.2, 0.25) is 0 Å². The van der Waals surface area contributed by atoms with Crippen LogP contribution in [0.5, 0.6) is 0 Å². The molecule has 0 saturated carbocycles. The van der Waals surface area contributed by atoms with Crippen molar-refractivity contribution in [3.63, 3.8) is 0 Å². The van der Waals surface area contributed by atoms with Crippen molar-refractivity contribution in [3.05, 3.63) is 0 Å². The molecule has 0 amide bonds. The molecule has 0 saturated heterocycles. The van der Waals surface area contributed by atoms with E-state index in [-0.39, 0.29) is 13.2 Å². The molecule has 6 unspecified atom stereocenters. The number of aliphatic hydroxyl groups is 2. The van der Waals surface area contributed by atoms with Crippen LogP contribution < -0.4 is 0 Å². The van der Waals surface area contributed by atoms with Gasteiger partial charge < -0.3 is 54.3 Å². The molecule has 0 aliphatic rings. The van der Waals surface area contributed by atoms with Gasteiger partial charge in [0.25, 0.3) is 0 Å². The van der Waals surface area contributed by atoms with Crippen molar-refractivity contribution >= 4 is 46.9 Å². The first-order valence-electron chi connectivity index (χ1n) is 23.8. The molecule has 0 aromatic carbocycles. The third-order valence-electron chi connectivity index (χ3n) is 9.10. The summed E-state index contributed by atoms with van der Waals surface area (Å²) in [4.78, 5) is 79.7. The van der Waals surface area contributed by atoms with Gasteiger partial charge in [-0.05, 0) is 38.5 Å². The summed E-state index contributed by atoms with van der Waals surface area (Å²) < 4.78 is 101. The minimum atomic E-state index is -5.05. The number of phosphoric acid groups is 6. The second kappa shape index (κ2) is 49.0. The summed E-state index contributed by atoms with van der Waals surface area (Å²) in [7, 11) is -29.3. The van der Waals surface area contributed by atoms with Crippen LogP contribution in [0.25, 0.3) is 0 Å². The Balaban J connectivity index is -0.000000280. The number of rotatable bonds is 40. The molecule has 420 valence electrons. The third kappa shape index (κ3) is 67.4. The number of hydrogen-bond donors (Lipinski definition) is 11. The van der Waals surface area contributed by atoms with Crippen molar-refractivity contribution in [1.82, 2.24) is 0 Å². The van der Waals surface area contributed by atoms with Gasteiger partial charge in [0.15, 0.2) is 0 Å². The molecule has 0 radical (unpaired) electrons. The first kappa shape index (κ1) is 79.3. The third-order valence-corrected chi connectivity index (χ3v) is 15.8. The van der Waals surface area contributed by atoms with Gasteiger partial charge in [0.2, 0.25) is 0 Å². The molecular weight excluding hydrogens is 1120 g/mol. The Morgan fingerprint density at radius 2 is 0.493 bits per heavy atom. The molecule has 11 N–H and O–H groups in total. The van der Waals surface area contributed by atoms with Crippen LogP contribution in [-0.2, 0) is 81.4 Å². The van der Waals surface area contributed by atoms with E-state index < -0.39 is 65.2 Å². The van der Waals surface area contributed by atoms with E-state index in [1.165, 1.54) is 0 Å². The van der Waals surface area contributed by atoms with Crippen LogP contribution >= 0.6 is 46.9 Å². The Kier molecular flexibility index (Phi) is 56.3. The number of unbranched alkanes of at least 4 members (excludes halogenated alkanes) is 15. The number of aliphatic hydroxyl groups excluding tert-OH is 2. The fraction of sp³-hybridized carbons (Fsp3) is 1.00. The molecule has 31 heteroatoms. The van der Waals surface area contributed by atoms with E-state index in [2.05, 4.69) is 33.7 Å². The zero-order valence-electron chi connectivity index (χ0n) is 41.6. The average Bonchev–Trinajstić information content (AvgIpc) is 3.21. The van der Waals surface area contributed by atoms with E-state index in [4.69, 9.17) is 56.0 Å². The van der Waals surface area contributed by atoms with E-state index in [1.807, 2.05) is 20.8 Å². The standard InChI is InChI=1S/3C12H28O7P2.C2H6O2.O.Zr/c3*1-3-5-7-8-9-11-12(10-6-4-2)18-21(16,17)19-20(13,14)15;3-1-2-4;;/h3*12H,3-11H2,1-2H3,(H,16,17)(H2,13,14,15);3-4H,1-2H2;;. The molecule has 0 fully saturated rings. The van der Waals surface area contributed by atoms with Crippen LogP contribution in [0.3, 0.4) is 0 Å². The molecule has 69 heavy (non-hydrogen) atoms. The maximum absolute atomic E-state index is 11.6. The summed E-state index contributed by atoms with van der Waals surface area (Å²) >= 11 is 0.300. The summed E-state index contributed by atoms with van der Waals surface area (Å²) in [6.45, 7) is 12.1. The Bertz CT molecular complexity index is 1290. The van der Waals surface area contributed by atoms with Crippen LogP contribution in [0, 0.1) is 0 Å². The summed E-state index contributed by atoms with van der Waals surface area (Å²) in [5.41, 5.74) is 0. The van der Waals surface area contributed by atoms with E-state index in [9.17, 15) is 42.1 Å². The van der Waals surface area contributed by atoms with Crippen molar-refractivity contribution in [1.29, 1.82) is 0 Å². The molecule has 0 aliphatic carbocycles. The molecule has 0 heterocycles. The normalized spacial score (nSPS) is 15.7. The van der Waals surface area contributed by atoms with Gasteiger partial charge in [-0.3, -0.25) is 13.6 Å². The Hall–Kier alpha value is 1.38. The summed E-state index contributed by atoms with van der Waals surface area (Å²) in [6, 6.07) is 0. The molecule has 0 bridgehead atoms. The predicted molar refractivity (Wildman–Crippen MR) is 257 cm³/mol. The summed E-state index contributed by atoms with van der Waals surface area (Å²) in [5.74, 6) is 0. The molecule has 0 rings (SSSR count). The Morgan fingerprint density at radius 1 is 0.319 bits per heavy atom. The van der Waals surface area contributed by atoms with Crippen LogP contribution in [0.4, 0.5) is 0 Å². The monoisotopic (exact) mass is 1210 g/mol. The molecule has 24 nitrogen and oxygen atoms in total. The fourth-order valence-electron chi connectivity index (χ4n) is 6.00. The first-order valence-corrected chi connectivity index (χ1v) is 33.9. The molecule has 0 aromatic heterocycles. The van der Waals surface area contributed by atoms with E-state index in [0.717, 1.165) is 135 Å². The first-order chi connectivity index (χ1) is 32.0. The maximum atomic E-state index is 11.6. The van der Waals surface area contributed by atoms with Crippen molar-refractivity contribution in [2.45, 2.75) is 233 Å². The van der Waals surface area contributed by atoms with Gasteiger partial charge in [-0.1, -0.05) is 176 Å². The van der Waals surface area contributed by atoms with Gasteiger partial charge >= 0.3 is 74.5 Å². The van der Waals surface area contributed by atoms with Crippen LogP contribution in [0.1, 0.15) is 215 Å². The quantitative estimate of drug-likeness (QED) is 0.0200. The minimum absolute atomic E-state index is 0.125. The van der Waals surface area contributed by atoms with Crippen molar-refractivity contribution < 1.29 is 136 Å². The SMILES string of the molecule is CCCCCCCC(CCCC)OP(=O)(O)OP(=O)(O)O.CCCCCCCC(CCCC)OP(=O)(O)OP(=O)(O)O.CCCCCCCC(CCCC)OP(=O)(O)OP(=O)(O)O.OCCO.[O]=[Zr]. The van der Waals surface area contributed by atoms with Gasteiger partial charge in [-0.15, -0.1) is 0 Å². The van der Waals surface area contributed by atoms with Crippen LogP contribution in [0.15, 0.2) is 0 Å². The van der Waals surface area contributed by atoms with E-state index >= 15 is 0 Å². The van der Waals surface area contributed by atoms with Crippen molar-refractivity contribution in [2.24, 2.45) is 0 Å². The van der Waals surface area contributed by atoms with Gasteiger partial charge in [-0.25, -0.2) is 27.4 Å². The number of hydrogen-bond acceptors (Lipinski definition) is 15. The fourth-order valence-corrected chi connectivity index (χ4v) is 11.4. The molecule has 0 aliphatic heterocycles. The zero-order chi connectivity index (χ0) is 54.5. The van der Waals surface area contributed by atoms with E-state index in [0.29, 0.717) is 63.2 Å². The number of phosphoric ester groups is 3. The topological polar surface area (TPSA) is 397 Å². The van der Waals surface area contributed by atoms with Crippen molar-refractivity contribution in [3.8, 4) is 0 Å². The Morgan fingerprint density at radius 3 is 0.652 bits per heavy atom. The van der Waals surface area contributed by atoms with E-state index in [1.54, 1.807) is 0 Å². The molecule has 0 spiro atoms. The zero-order valence-corrected chi connectivity index (χ0v) is 49.5. The van der Waals surface area contributed by atoms with Gasteiger partial charge in [0.05, 0.1) is 31.5 Å². The van der Waals surface area contributed by atoms with Crippen LogP contribution in [-0.4, -0.2) is 85.8 Å². The van der Waals surface area contributed by atoms with Crippen molar-refractivity contribution in [2.75, 3.05) is 13.2 Å². The summed E-state index contributed by atoms with van der Waals surface area (Å²) in [6.07, 6.45) is 22.8. The second-order valence-electron chi connectivity index (χ2n) is 15.8. The van der Waals surface area contributed by atoms with Gasteiger partial charge in [0.1, 0.15) is 0 Å². The van der Waals surface area contributed by atoms with Gasteiger partial charge in [-0.2, -0.15) is 12.9 Å². The second-order valence-corrected chi connectivity index (χ2v) is 24.1. The Labute approximate surface area is 427 Å².